The highest BCUT2D eigenvalue weighted by Gasteiger charge is 2.11. The Bertz CT molecular complexity index is 238. The second-order valence-electron chi connectivity index (χ2n) is 4.28. The number of aliphatic imine (C=N–C) groups is 1. The van der Waals surface area contributed by atoms with Gasteiger partial charge in [-0.25, -0.2) is 0 Å². The molecule has 16 heavy (non-hydrogen) atoms. The first-order chi connectivity index (χ1) is 7.47. The number of carbonyl (C=O) groups excluding carboxylic acids is 1. The topological polar surface area (TPSA) is 79.5 Å². The lowest BCUT2D eigenvalue weighted by Crippen LogP contribution is -2.47. The van der Waals surface area contributed by atoms with Crippen molar-refractivity contribution in [3.8, 4) is 0 Å². The number of nitrogens with two attached hydrogens (primary N) is 1. The zero-order chi connectivity index (χ0) is 12.6. The highest BCUT2D eigenvalue weighted by atomic mass is 16.2. The predicted octanol–water partition coefficient (Wildman–Crippen LogP) is 0.461. The van der Waals surface area contributed by atoms with Gasteiger partial charge in [0.1, 0.15) is 6.04 Å². The summed E-state index contributed by atoms with van der Waals surface area (Å²) in [4.78, 5) is 15.6. The van der Waals surface area contributed by atoms with E-state index in [2.05, 4.69) is 29.5 Å². The maximum Gasteiger partial charge on any atom is 0.242 e. The van der Waals surface area contributed by atoms with Gasteiger partial charge in [-0.05, 0) is 19.3 Å². The Balaban J connectivity index is 3.97. The van der Waals surface area contributed by atoms with Gasteiger partial charge in [-0.15, -0.1) is 0 Å². The molecule has 0 aromatic heterocycles. The summed E-state index contributed by atoms with van der Waals surface area (Å²) in [6.45, 7) is 9.26. The first-order valence-corrected chi connectivity index (χ1v) is 5.81. The number of guanidine groups is 1. The summed E-state index contributed by atoms with van der Waals surface area (Å²) in [6.07, 6.45) is 0.926. The molecule has 0 aromatic rings. The van der Waals surface area contributed by atoms with Crippen molar-refractivity contribution >= 4 is 11.9 Å². The highest BCUT2D eigenvalue weighted by molar-refractivity contribution is 5.87. The Morgan fingerprint density at radius 3 is 2.50 bits per heavy atom. The first-order valence-electron chi connectivity index (χ1n) is 5.81. The van der Waals surface area contributed by atoms with Crippen LogP contribution in [0.4, 0.5) is 0 Å². The van der Waals surface area contributed by atoms with Gasteiger partial charge in [0.2, 0.25) is 5.91 Å². The van der Waals surface area contributed by atoms with E-state index < -0.39 is 0 Å². The van der Waals surface area contributed by atoms with E-state index in [4.69, 9.17) is 5.73 Å². The van der Waals surface area contributed by atoms with Crippen molar-refractivity contribution in [2.45, 2.75) is 40.2 Å². The molecule has 0 aromatic carbocycles. The van der Waals surface area contributed by atoms with Gasteiger partial charge < -0.3 is 16.4 Å². The maximum atomic E-state index is 11.5. The summed E-state index contributed by atoms with van der Waals surface area (Å²) in [5.41, 5.74) is 5.65. The number of hydrogen-bond donors (Lipinski definition) is 3. The summed E-state index contributed by atoms with van der Waals surface area (Å²) >= 11 is 0. The molecule has 0 aliphatic heterocycles. The quantitative estimate of drug-likeness (QED) is 0.456. The summed E-state index contributed by atoms with van der Waals surface area (Å²) in [6, 6.07) is -0.345. The zero-order valence-corrected chi connectivity index (χ0v) is 10.7. The van der Waals surface area contributed by atoms with Crippen molar-refractivity contribution in [2.24, 2.45) is 16.6 Å². The van der Waals surface area contributed by atoms with E-state index in [-0.39, 0.29) is 11.9 Å². The van der Waals surface area contributed by atoms with Crippen LogP contribution < -0.4 is 16.4 Å². The lowest BCUT2D eigenvalue weighted by Gasteiger charge is -2.14. The Hall–Kier alpha value is -1.26. The van der Waals surface area contributed by atoms with Crippen LogP contribution in [0.2, 0.25) is 0 Å². The van der Waals surface area contributed by atoms with Gasteiger partial charge in [0.25, 0.3) is 0 Å². The average molecular weight is 228 g/mol. The van der Waals surface area contributed by atoms with Gasteiger partial charge in [-0.1, -0.05) is 20.8 Å². The van der Waals surface area contributed by atoms with E-state index in [1.165, 1.54) is 0 Å². The van der Waals surface area contributed by atoms with Gasteiger partial charge in [0.05, 0.1) is 0 Å². The molecule has 1 atom stereocenters. The Kier molecular flexibility index (Phi) is 7.33. The van der Waals surface area contributed by atoms with E-state index in [0.29, 0.717) is 25.0 Å². The van der Waals surface area contributed by atoms with Crippen molar-refractivity contribution < 1.29 is 4.79 Å². The molecule has 5 nitrogen and oxygen atoms in total. The summed E-state index contributed by atoms with van der Waals surface area (Å²) in [5.74, 6) is 0.738. The van der Waals surface area contributed by atoms with Crippen LogP contribution in [0.5, 0.6) is 0 Å². The molecule has 1 unspecified atom stereocenters. The number of rotatable bonds is 6. The monoisotopic (exact) mass is 228 g/mol. The fourth-order valence-corrected chi connectivity index (χ4v) is 1.02. The van der Waals surface area contributed by atoms with Gasteiger partial charge in [0, 0.05) is 13.1 Å². The molecule has 0 radical (unpaired) electrons. The Morgan fingerprint density at radius 2 is 2.00 bits per heavy atom. The molecule has 0 fully saturated rings. The van der Waals surface area contributed by atoms with Crippen LogP contribution in [0.3, 0.4) is 0 Å². The third-order valence-corrected chi connectivity index (χ3v) is 1.93. The Labute approximate surface area is 97.9 Å². The van der Waals surface area contributed by atoms with Crippen molar-refractivity contribution in [3.05, 3.63) is 0 Å². The maximum absolute atomic E-state index is 11.5. The first kappa shape index (κ1) is 14.7. The molecule has 5 heteroatoms. The number of nitrogens with one attached hydrogen (secondary N) is 2. The predicted molar refractivity (Wildman–Crippen MR) is 67.2 cm³/mol. The molecular formula is C11H24N4O. The van der Waals surface area contributed by atoms with Crippen LogP contribution in [0.15, 0.2) is 4.99 Å². The minimum Gasteiger partial charge on any atom is -0.370 e. The molecule has 0 heterocycles. The number of carbonyl (C=O) groups is 1. The third-order valence-electron chi connectivity index (χ3n) is 1.93. The molecule has 4 N–H and O–H groups in total. The SMILES string of the molecule is CCCNC(=O)C(C)NC(N)=NCC(C)C. The van der Waals surface area contributed by atoms with Crippen LogP contribution in [-0.4, -0.2) is 31.0 Å². The van der Waals surface area contributed by atoms with E-state index in [9.17, 15) is 4.79 Å². The van der Waals surface area contributed by atoms with Crippen molar-refractivity contribution in [2.75, 3.05) is 13.1 Å². The van der Waals surface area contributed by atoms with Gasteiger partial charge in [-0.3, -0.25) is 9.79 Å². The van der Waals surface area contributed by atoms with Crippen LogP contribution >= 0.6 is 0 Å². The van der Waals surface area contributed by atoms with E-state index in [0.717, 1.165) is 6.42 Å². The molecule has 0 saturated carbocycles. The summed E-state index contributed by atoms with van der Waals surface area (Å²) < 4.78 is 0. The molecule has 0 rings (SSSR count). The van der Waals surface area contributed by atoms with E-state index in [1.54, 1.807) is 6.92 Å². The fraction of sp³-hybridized carbons (Fsp3) is 0.818. The molecule has 0 spiro atoms. The second-order valence-corrected chi connectivity index (χ2v) is 4.28. The van der Waals surface area contributed by atoms with Crippen LogP contribution in [0, 0.1) is 5.92 Å². The number of hydrogen-bond acceptors (Lipinski definition) is 2. The van der Waals surface area contributed by atoms with E-state index in [1.807, 2.05) is 6.92 Å². The molecule has 0 aliphatic carbocycles. The van der Waals surface area contributed by atoms with Gasteiger partial charge in [0.15, 0.2) is 5.96 Å². The minimum absolute atomic E-state index is 0.0513. The minimum atomic E-state index is -0.345. The molecule has 1 amide bonds. The smallest absolute Gasteiger partial charge is 0.242 e. The zero-order valence-electron chi connectivity index (χ0n) is 10.7. The lowest BCUT2D eigenvalue weighted by molar-refractivity contribution is -0.122. The van der Waals surface area contributed by atoms with E-state index >= 15 is 0 Å². The number of amides is 1. The number of nitrogens with zero attached hydrogens (tertiary/aromatic N) is 1. The molecule has 0 bridgehead atoms. The molecule has 0 saturated heterocycles. The summed E-state index contributed by atoms with van der Waals surface area (Å²) in [5, 5.41) is 5.65. The fourth-order valence-electron chi connectivity index (χ4n) is 1.02. The van der Waals surface area contributed by atoms with Crippen LogP contribution in [0.1, 0.15) is 34.1 Å². The highest BCUT2D eigenvalue weighted by Crippen LogP contribution is 1.91. The van der Waals surface area contributed by atoms with Crippen molar-refractivity contribution in [3.63, 3.8) is 0 Å². The molecule has 0 aliphatic rings. The normalized spacial score (nSPS) is 13.7. The Morgan fingerprint density at radius 1 is 1.38 bits per heavy atom. The standard InChI is InChI=1S/C11H24N4O/c1-5-6-13-10(16)9(4)15-11(12)14-7-8(2)3/h8-9H,5-7H2,1-4H3,(H,13,16)(H3,12,14,15). The largest absolute Gasteiger partial charge is 0.370 e. The van der Waals surface area contributed by atoms with Crippen LogP contribution in [-0.2, 0) is 4.79 Å². The van der Waals surface area contributed by atoms with Gasteiger partial charge in [-0.2, -0.15) is 0 Å². The van der Waals surface area contributed by atoms with Gasteiger partial charge >= 0.3 is 0 Å². The third kappa shape index (κ3) is 7.09. The second kappa shape index (κ2) is 7.96. The lowest BCUT2D eigenvalue weighted by atomic mass is 10.2. The summed E-state index contributed by atoms with van der Waals surface area (Å²) in [7, 11) is 0. The molecular weight excluding hydrogens is 204 g/mol. The average Bonchev–Trinajstić information content (AvgIpc) is 2.22. The van der Waals surface area contributed by atoms with Crippen LogP contribution in [0.25, 0.3) is 0 Å². The molecule has 94 valence electrons. The van der Waals surface area contributed by atoms with Crippen molar-refractivity contribution in [1.82, 2.24) is 10.6 Å². The van der Waals surface area contributed by atoms with Crippen molar-refractivity contribution in [1.29, 1.82) is 0 Å².